The van der Waals surface area contributed by atoms with Crippen LogP contribution in [0.3, 0.4) is 0 Å². The molecule has 2 aromatic rings. The third-order valence-electron chi connectivity index (χ3n) is 3.76. The van der Waals surface area contributed by atoms with Gasteiger partial charge >= 0.3 is 0 Å². The van der Waals surface area contributed by atoms with E-state index in [1.165, 1.54) is 6.92 Å². The van der Waals surface area contributed by atoms with Crippen LogP contribution < -0.4 is 20.1 Å². The first-order chi connectivity index (χ1) is 11.9. The van der Waals surface area contributed by atoms with E-state index in [-0.39, 0.29) is 18.2 Å². The van der Waals surface area contributed by atoms with Gasteiger partial charge in [-0.25, -0.2) is 0 Å². The number of nitrogens with one attached hydrogen (secondary N) is 2. The molecule has 0 saturated heterocycles. The molecule has 0 aliphatic rings. The van der Waals surface area contributed by atoms with Crippen LogP contribution in [0.15, 0.2) is 36.4 Å². The second-order valence-electron chi connectivity index (χ2n) is 5.56. The van der Waals surface area contributed by atoms with Gasteiger partial charge in [0.05, 0.1) is 20.6 Å². The lowest BCUT2D eigenvalue weighted by atomic mass is 10.1. The summed E-state index contributed by atoms with van der Waals surface area (Å²) in [6, 6.07) is 10.7. The summed E-state index contributed by atoms with van der Waals surface area (Å²) in [5.74, 6) is 0.939. The van der Waals surface area contributed by atoms with Gasteiger partial charge in [-0.05, 0) is 42.8 Å². The number of methoxy groups -OCH3 is 2. The SMILES string of the molecule is COc1ccc(OC)c(CC(=O)Nc2cccc(NC(C)=O)c2C)c1. The number of anilines is 2. The molecular weight excluding hydrogens is 320 g/mol. The van der Waals surface area contributed by atoms with Crippen LogP contribution in [-0.2, 0) is 16.0 Å². The van der Waals surface area contributed by atoms with Crippen molar-refractivity contribution in [1.29, 1.82) is 0 Å². The highest BCUT2D eigenvalue weighted by Crippen LogP contribution is 2.26. The number of rotatable bonds is 6. The Bertz CT molecular complexity index is 787. The number of ether oxygens (including phenoxy) is 2. The zero-order valence-electron chi connectivity index (χ0n) is 14.8. The zero-order chi connectivity index (χ0) is 18.4. The van der Waals surface area contributed by atoms with Crippen LogP contribution in [0, 0.1) is 6.92 Å². The molecule has 2 amide bonds. The first-order valence-corrected chi connectivity index (χ1v) is 7.82. The van der Waals surface area contributed by atoms with E-state index >= 15 is 0 Å². The Morgan fingerprint density at radius 3 is 2.28 bits per heavy atom. The fourth-order valence-corrected chi connectivity index (χ4v) is 2.48. The fraction of sp³-hybridized carbons (Fsp3) is 0.263. The van der Waals surface area contributed by atoms with Crippen molar-refractivity contribution in [1.82, 2.24) is 0 Å². The molecule has 0 aliphatic heterocycles. The molecule has 0 aliphatic carbocycles. The quantitative estimate of drug-likeness (QED) is 0.845. The van der Waals surface area contributed by atoms with E-state index in [0.717, 1.165) is 11.1 Å². The lowest BCUT2D eigenvalue weighted by molar-refractivity contribution is -0.116. The number of carbonyl (C=O) groups excluding carboxylic acids is 2. The van der Waals surface area contributed by atoms with Crippen molar-refractivity contribution in [2.24, 2.45) is 0 Å². The van der Waals surface area contributed by atoms with Crippen LogP contribution in [-0.4, -0.2) is 26.0 Å². The van der Waals surface area contributed by atoms with Gasteiger partial charge in [0.1, 0.15) is 11.5 Å². The molecular formula is C19H22N2O4. The normalized spacial score (nSPS) is 10.1. The van der Waals surface area contributed by atoms with Crippen LogP contribution in [0.5, 0.6) is 11.5 Å². The summed E-state index contributed by atoms with van der Waals surface area (Å²) in [7, 11) is 3.13. The van der Waals surface area contributed by atoms with Gasteiger partial charge in [-0.15, -0.1) is 0 Å². The number of carbonyl (C=O) groups is 2. The Balaban J connectivity index is 2.17. The van der Waals surface area contributed by atoms with E-state index in [1.54, 1.807) is 50.6 Å². The maximum atomic E-state index is 12.4. The van der Waals surface area contributed by atoms with E-state index in [2.05, 4.69) is 10.6 Å². The third kappa shape index (κ3) is 4.73. The number of hydrogen-bond donors (Lipinski definition) is 2. The molecule has 0 unspecified atom stereocenters. The molecule has 2 N–H and O–H groups in total. The topological polar surface area (TPSA) is 76.7 Å². The average Bonchev–Trinajstić information content (AvgIpc) is 2.58. The minimum absolute atomic E-state index is 0.143. The first-order valence-electron chi connectivity index (χ1n) is 7.82. The van der Waals surface area contributed by atoms with Crippen molar-refractivity contribution in [2.45, 2.75) is 20.3 Å². The van der Waals surface area contributed by atoms with Crippen molar-refractivity contribution in [3.8, 4) is 11.5 Å². The molecule has 0 atom stereocenters. The Hall–Kier alpha value is -3.02. The summed E-state index contributed by atoms with van der Waals surface area (Å²) in [6.07, 6.45) is 0.143. The molecule has 0 spiro atoms. The first kappa shape index (κ1) is 18.3. The molecule has 0 fully saturated rings. The van der Waals surface area contributed by atoms with Gasteiger partial charge in [-0.1, -0.05) is 6.07 Å². The van der Waals surface area contributed by atoms with Crippen molar-refractivity contribution >= 4 is 23.2 Å². The van der Waals surface area contributed by atoms with E-state index in [0.29, 0.717) is 22.9 Å². The summed E-state index contributed by atoms with van der Waals surface area (Å²) in [4.78, 5) is 23.7. The van der Waals surface area contributed by atoms with Crippen molar-refractivity contribution in [3.05, 3.63) is 47.5 Å². The molecule has 2 rings (SSSR count). The second-order valence-corrected chi connectivity index (χ2v) is 5.56. The van der Waals surface area contributed by atoms with Gasteiger partial charge in [0.2, 0.25) is 11.8 Å². The molecule has 6 heteroatoms. The summed E-state index contributed by atoms with van der Waals surface area (Å²) < 4.78 is 10.5. The largest absolute Gasteiger partial charge is 0.497 e. The maximum absolute atomic E-state index is 12.4. The molecule has 132 valence electrons. The Labute approximate surface area is 147 Å². The second kappa shape index (κ2) is 8.19. The molecule has 6 nitrogen and oxygen atoms in total. The van der Waals surface area contributed by atoms with Crippen molar-refractivity contribution in [3.63, 3.8) is 0 Å². The van der Waals surface area contributed by atoms with Crippen molar-refractivity contribution in [2.75, 3.05) is 24.9 Å². The van der Waals surface area contributed by atoms with Crippen LogP contribution in [0.25, 0.3) is 0 Å². The number of benzene rings is 2. The van der Waals surface area contributed by atoms with Gasteiger partial charge in [-0.3, -0.25) is 9.59 Å². The van der Waals surface area contributed by atoms with Crippen LogP contribution in [0.1, 0.15) is 18.1 Å². The standard InChI is InChI=1S/C19H22N2O4/c1-12-16(20-13(2)22)6-5-7-17(12)21-19(23)11-14-10-15(24-3)8-9-18(14)25-4/h5-10H,11H2,1-4H3,(H,20,22)(H,21,23). The van der Waals surface area contributed by atoms with Gasteiger partial charge in [0, 0.05) is 23.9 Å². The predicted molar refractivity (Wildman–Crippen MR) is 97.4 cm³/mol. The van der Waals surface area contributed by atoms with Crippen LogP contribution in [0.4, 0.5) is 11.4 Å². The smallest absolute Gasteiger partial charge is 0.228 e. The van der Waals surface area contributed by atoms with E-state index in [9.17, 15) is 9.59 Å². The molecule has 2 aromatic carbocycles. The number of hydrogen-bond acceptors (Lipinski definition) is 4. The molecule has 0 radical (unpaired) electrons. The third-order valence-corrected chi connectivity index (χ3v) is 3.76. The lowest BCUT2D eigenvalue weighted by Crippen LogP contribution is -2.16. The van der Waals surface area contributed by atoms with E-state index in [1.807, 2.05) is 6.92 Å². The van der Waals surface area contributed by atoms with Gasteiger partial charge in [0.25, 0.3) is 0 Å². The Morgan fingerprint density at radius 2 is 1.68 bits per heavy atom. The monoisotopic (exact) mass is 342 g/mol. The predicted octanol–water partition coefficient (Wildman–Crippen LogP) is 3.15. The van der Waals surface area contributed by atoms with E-state index in [4.69, 9.17) is 9.47 Å². The molecule has 0 saturated carbocycles. The fourth-order valence-electron chi connectivity index (χ4n) is 2.48. The average molecular weight is 342 g/mol. The highest BCUT2D eigenvalue weighted by atomic mass is 16.5. The van der Waals surface area contributed by atoms with Crippen LogP contribution >= 0.6 is 0 Å². The lowest BCUT2D eigenvalue weighted by Gasteiger charge is -2.14. The zero-order valence-corrected chi connectivity index (χ0v) is 14.8. The van der Waals surface area contributed by atoms with Crippen LogP contribution in [0.2, 0.25) is 0 Å². The Morgan fingerprint density at radius 1 is 1.00 bits per heavy atom. The Kier molecular flexibility index (Phi) is 6.00. The number of amides is 2. The minimum Gasteiger partial charge on any atom is -0.497 e. The molecule has 0 aromatic heterocycles. The molecule has 25 heavy (non-hydrogen) atoms. The highest BCUT2D eigenvalue weighted by Gasteiger charge is 2.13. The summed E-state index contributed by atoms with van der Waals surface area (Å²) in [5, 5.41) is 5.62. The van der Waals surface area contributed by atoms with Gasteiger partial charge in [-0.2, -0.15) is 0 Å². The summed E-state index contributed by atoms with van der Waals surface area (Å²) in [6.45, 7) is 3.28. The minimum atomic E-state index is -0.186. The summed E-state index contributed by atoms with van der Waals surface area (Å²) >= 11 is 0. The molecule has 0 bridgehead atoms. The van der Waals surface area contributed by atoms with Crippen molar-refractivity contribution < 1.29 is 19.1 Å². The molecule has 0 heterocycles. The highest BCUT2D eigenvalue weighted by molar-refractivity contribution is 5.96. The summed E-state index contributed by atoms with van der Waals surface area (Å²) in [5.41, 5.74) is 2.85. The van der Waals surface area contributed by atoms with Gasteiger partial charge in [0.15, 0.2) is 0 Å². The maximum Gasteiger partial charge on any atom is 0.228 e. The van der Waals surface area contributed by atoms with E-state index < -0.39 is 0 Å². The van der Waals surface area contributed by atoms with Gasteiger partial charge < -0.3 is 20.1 Å².